The third-order valence-corrected chi connectivity index (χ3v) is 2.99. The number of methoxy groups -OCH3 is 1. The summed E-state index contributed by atoms with van der Waals surface area (Å²) in [5, 5.41) is 1.04. The molecule has 0 fully saturated rings. The Morgan fingerprint density at radius 3 is 2.78 bits per heavy atom. The number of nitrogens with two attached hydrogens (primary N) is 1. The second-order valence-electron chi connectivity index (χ2n) is 4.64. The van der Waals surface area contributed by atoms with Crippen LogP contribution in [-0.4, -0.2) is 12.1 Å². The van der Waals surface area contributed by atoms with Crippen molar-refractivity contribution in [2.75, 3.05) is 12.5 Å². The molecule has 0 saturated carbocycles. The molecule has 4 nitrogen and oxygen atoms in total. The zero-order chi connectivity index (χ0) is 13.1. The van der Waals surface area contributed by atoms with Crippen LogP contribution in [0.3, 0.4) is 0 Å². The normalized spacial score (nSPS) is 11.2. The van der Waals surface area contributed by atoms with Crippen molar-refractivity contribution in [1.29, 1.82) is 0 Å². The molecule has 1 heterocycles. The van der Waals surface area contributed by atoms with E-state index in [1.807, 2.05) is 18.2 Å². The van der Waals surface area contributed by atoms with Crippen LogP contribution in [0.4, 0.5) is 5.69 Å². The first-order chi connectivity index (χ1) is 8.67. The summed E-state index contributed by atoms with van der Waals surface area (Å²) in [6, 6.07) is 8.10. The SMILES string of the molecule is COCc1cc(NN)c2cccc(C(C)C)c2n1. The van der Waals surface area contributed by atoms with Gasteiger partial charge in [0, 0.05) is 12.5 Å². The van der Waals surface area contributed by atoms with Crippen LogP contribution in [0.1, 0.15) is 31.0 Å². The minimum Gasteiger partial charge on any atom is -0.378 e. The number of nitrogen functional groups attached to an aromatic ring is 1. The number of hydrogen-bond acceptors (Lipinski definition) is 4. The number of hydrazine groups is 1. The van der Waals surface area contributed by atoms with Crippen molar-refractivity contribution >= 4 is 16.6 Å². The van der Waals surface area contributed by atoms with Gasteiger partial charge in [0.15, 0.2) is 0 Å². The third-order valence-electron chi connectivity index (χ3n) is 2.99. The molecule has 0 atom stereocenters. The molecule has 2 aromatic rings. The summed E-state index contributed by atoms with van der Waals surface area (Å²) in [5.41, 5.74) is 6.72. The minimum atomic E-state index is 0.421. The van der Waals surface area contributed by atoms with Gasteiger partial charge in [0.05, 0.1) is 23.5 Å². The summed E-state index contributed by atoms with van der Waals surface area (Å²) >= 11 is 0. The third kappa shape index (κ3) is 2.30. The quantitative estimate of drug-likeness (QED) is 0.642. The van der Waals surface area contributed by atoms with Crippen molar-refractivity contribution in [3.63, 3.8) is 0 Å². The Morgan fingerprint density at radius 2 is 2.17 bits per heavy atom. The number of anilines is 1. The number of nitrogens with one attached hydrogen (secondary N) is 1. The van der Waals surface area contributed by atoms with Crippen LogP contribution < -0.4 is 11.3 Å². The molecule has 0 aliphatic rings. The van der Waals surface area contributed by atoms with Crippen molar-refractivity contribution in [2.45, 2.75) is 26.4 Å². The summed E-state index contributed by atoms with van der Waals surface area (Å²) in [4.78, 5) is 4.67. The van der Waals surface area contributed by atoms with Gasteiger partial charge in [-0.25, -0.2) is 4.98 Å². The van der Waals surface area contributed by atoms with Gasteiger partial charge in [0.1, 0.15) is 0 Å². The first kappa shape index (κ1) is 12.8. The molecule has 0 bridgehead atoms. The van der Waals surface area contributed by atoms with Gasteiger partial charge in [-0.2, -0.15) is 0 Å². The van der Waals surface area contributed by atoms with Crippen molar-refractivity contribution in [3.05, 3.63) is 35.5 Å². The van der Waals surface area contributed by atoms with Gasteiger partial charge in [-0.1, -0.05) is 32.0 Å². The van der Waals surface area contributed by atoms with Crippen LogP contribution in [-0.2, 0) is 11.3 Å². The highest BCUT2D eigenvalue weighted by molar-refractivity contribution is 5.93. The number of aromatic nitrogens is 1. The molecule has 4 heteroatoms. The number of rotatable bonds is 4. The molecule has 0 aliphatic carbocycles. The molecule has 18 heavy (non-hydrogen) atoms. The average Bonchev–Trinajstić information content (AvgIpc) is 2.37. The first-order valence-corrected chi connectivity index (χ1v) is 6.05. The van der Waals surface area contributed by atoms with E-state index in [4.69, 9.17) is 10.6 Å². The van der Waals surface area contributed by atoms with E-state index >= 15 is 0 Å². The molecule has 0 spiro atoms. The summed E-state index contributed by atoms with van der Waals surface area (Å²) in [6.45, 7) is 4.81. The lowest BCUT2D eigenvalue weighted by atomic mass is 9.99. The first-order valence-electron chi connectivity index (χ1n) is 6.05. The lowest BCUT2D eigenvalue weighted by Crippen LogP contribution is -2.09. The van der Waals surface area contributed by atoms with E-state index in [2.05, 4.69) is 30.3 Å². The smallest absolute Gasteiger partial charge is 0.0885 e. The molecule has 0 radical (unpaired) electrons. The highest BCUT2D eigenvalue weighted by Gasteiger charge is 2.10. The van der Waals surface area contributed by atoms with E-state index in [0.29, 0.717) is 12.5 Å². The fourth-order valence-electron chi connectivity index (χ4n) is 2.13. The zero-order valence-electron chi connectivity index (χ0n) is 11.0. The second kappa shape index (κ2) is 5.33. The van der Waals surface area contributed by atoms with Crippen molar-refractivity contribution in [2.24, 2.45) is 5.84 Å². The Balaban J connectivity index is 2.71. The molecule has 1 aromatic carbocycles. The maximum atomic E-state index is 5.59. The molecule has 96 valence electrons. The van der Waals surface area contributed by atoms with Crippen molar-refractivity contribution in [1.82, 2.24) is 4.98 Å². The Hall–Kier alpha value is -1.65. The van der Waals surface area contributed by atoms with Crippen LogP contribution in [0.5, 0.6) is 0 Å². The van der Waals surface area contributed by atoms with E-state index in [-0.39, 0.29) is 0 Å². The number of para-hydroxylation sites is 1. The summed E-state index contributed by atoms with van der Waals surface area (Å²) in [6.07, 6.45) is 0. The minimum absolute atomic E-state index is 0.421. The monoisotopic (exact) mass is 245 g/mol. The van der Waals surface area contributed by atoms with E-state index in [9.17, 15) is 0 Å². The second-order valence-corrected chi connectivity index (χ2v) is 4.64. The van der Waals surface area contributed by atoms with Crippen LogP contribution in [0, 0.1) is 0 Å². The predicted octanol–water partition coefficient (Wildman–Crippen LogP) is 2.79. The molecule has 0 saturated heterocycles. The maximum absolute atomic E-state index is 5.59. The Labute approximate surface area is 107 Å². The molecule has 0 amide bonds. The van der Waals surface area contributed by atoms with Gasteiger partial charge in [-0.3, -0.25) is 5.84 Å². The topological polar surface area (TPSA) is 60.2 Å². The lowest BCUT2D eigenvalue weighted by Gasteiger charge is -2.13. The number of pyridine rings is 1. The predicted molar refractivity (Wildman–Crippen MR) is 74.4 cm³/mol. The van der Waals surface area contributed by atoms with Gasteiger partial charge >= 0.3 is 0 Å². The van der Waals surface area contributed by atoms with Gasteiger partial charge < -0.3 is 10.2 Å². The van der Waals surface area contributed by atoms with E-state index < -0.39 is 0 Å². The van der Waals surface area contributed by atoms with Gasteiger partial charge in [-0.15, -0.1) is 0 Å². The molecular weight excluding hydrogens is 226 g/mol. The molecule has 0 unspecified atom stereocenters. The lowest BCUT2D eigenvalue weighted by molar-refractivity contribution is 0.182. The highest BCUT2D eigenvalue weighted by atomic mass is 16.5. The largest absolute Gasteiger partial charge is 0.378 e. The van der Waals surface area contributed by atoms with E-state index in [1.165, 1.54) is 5.56 Å². The van der Waals surface area contributed by atoms with Crippen molar-refractivity contribution < 1.29 is 4.74 Å². The number of hydrogen-bond donors (Lipinski definition) is 2. The number of nitrogens with zero attached hydrogens (tertiary/aromatic N) is 1. The molecule has 0 aliphatic heterocycles. The van der Waals surface area contributed by atoms with Crippen LogP contribution in [0.25, 0.3) is 10.9 Å². The Bertz CT molecular complexity index is 552. The van der Waals surface area contributed by atoms with Gasteiger partial charge in [-0.05, 0) is 17.5 Å². The zero-order valence-corrected chi connectivity index (χ0v) is 11.0. The Morgan fingerprint density at radius 1 is 1.39 bits per heavy atom. The van der Waals surface area contributed by atoms with Gasteiger partial charge in [0.25, 0.3) is 0 Å². The highest BCUT2D eigenvalue weighted by Crippen LogP contribution is 2.29. The Kier molecular flexibility index (Phi) is 3.79. The summed E-state index contributed by atoms with van der Waals surface area (Å²) in [7, 11) is 1.66. The van der Waals surface area contributed by atoms with Crippen LogP contribution >= 0.6 is 0 Å². The number of ether oxygens (including phenoxy) is 1. The molecule has 3 N–H and O–H groups in total. The van der Waals surface area contributed by atoms with Crippen LogP contribution in [0.15, 0.2) is 24.3 Å². The maximum Gasteiger partial charge on any atom is 0.0885 e. The fourth-order valence-corrected chi connectivity index (χ4v) is 2.13. The fraction of sp³-hybridized carbons (Fsp3) is 0.357. The summed E-state index contributed by atoms with van der Waals surface area (Å²) in [5.74, 6) is 6.01. The standard InChI is InChI=1S/C14H19N3O/c1-9(2)11-5-4-6-12-13(17-15)7-10(8-18-3)16-14(11)12/h4-7,9H,8,15H2,1-3H3,(H,16,17). The molecular formula is C14H19N3O. The van der Waals surface area contributed by atoms with E-state index in [0.717, 1.165) is 22.3 Å². The number of fused-ring (bicyclic) bond motifs is 1. The van der Waals surface area contributed by atoms with Crippen molar-refractivity contribution in [3.8, 4) is 0 Å². The molecule has 2 rings (SSSR count). The average molecular weight is 245 g/mol. The van der Waals surface area contributed by atoms with E-state index in [1.54, 1.807) is 7.11 Å². The summed E-state index contributed by atoms with van der Waals surface area (Å²) < 4.78 is 5.15. The van der Waals surface area contributed by atoms with Gasteiger partial charge in [0.2, 0.25) is 0 Å². The van der Waals surface area contributed by atoms with Crippen LogP contribution in [0.2, 0.25) is 0 Å². The molecule has 1 aromatic heterocycles. The number of benzene rings is 1.